The molecule has 1 aromatic carbocycles. The van der Waals surface area contributed by atoms with Crippen molar-refractivity contribution in [3.63, 3.8) is 0 Å². The van der Waals surface area contributed by atoms with Crippen molar-refractivity contribution in [3.8, 4) is 0 Å². The summed E-state index contributed by atoms with van der Waals surface area (Å²) in [5.41, 5.74) is 2.22. The average Bonchev–Trinajstić information content (AvgIpc) is 2.33. The van der Waals surface area contributed by atoms with Crippen LogP contribution in [0.4, 0.5) is 0 Å². The Morgan fingerprint density at radius 1 is 1.47 bits per heavy atom. The molecule has 1 N–H and O–H groups in total. The molecule has 0 aliphatic carbocycles. The zero-order chi connectivity index (χ0) is 14.0. The van der Waals surface area contributed by atoms with Gasteiger partial charge in [-0.25, -0.2) is 0 Å². The molecule has 0 saturated carbocycles. The first-order valence-electron chi connectivity index (χ1n) is 6.66. The van der Waals surface area contributed by atoms with E-state index in [0.717, 1.165) is 35.7 Å². The fourth-order valence-corrected chi connectivity index (χ4v) is 2.97. The number of carboxylic acids is 1. The molecule has 0 spiro atoms. The van der Waals surface area contributed by atoms with Gasteiger partial charge in [0.1, 0.15) is 0 Å². The molecular weight excluding hydrogens is 262 g/mol. The van der Waals surface area contributed by atoms with Crippen molar-refractivity contribution in [2.75, 3.05) is 13.1 Å². The van der Waals surface area contributed by atoms with Crippen molar-refractivity contribution >= 4 is 17.6 Å². The maximum Gasteiger partial charge on any atom is 0.307 e. The Balaban J connectivity index is 2.05. The lowest BCUT2D eigenvalue weighted by Crippen LogP contribution is -2.41. The number of aliphatic carboxylic acids is 1. The summed E-state index contributed by atoms with van der Waals surface area (Å²) in [6, 6.07) is 6.06. The van der Waals surface area contributed by atoms with Gasteiger partial charge in [-0.3, -0.25) is 9.69 Å². The smallest absolute Gasteiger partial charge is 0.307 e. The van der Waals surface area contributed by atoms with Crippen molar-refractivity contribution in [2.45, 2.75) is 26.8 Å². The van der Waals surface area contributed by atoms with E-state index in [1.165, 1.54) is 0 Å². The highest BCUT2D eigenvalue weighted by atomic mass is 35.5. The average molecular weight is 282 g/mol. The van der Waals surface area contributed by atoms with Crippen molar-refractivity contribution in [1.82, 2.24) is 4.90 Å². The summed E-state index contributed by atoms with van der Waals surface area (Å²) in [6.45, 7) is 6.45. The summed E-state index contributed by atoms with van der Waals surface area (Å²) in [7, 11) is 0. The SMILES string of the molecule is Cc1ccc(CN2CC(C)CC(C(=O)O)C2)cc1Cl. The van der Waals surface area contributed by atoms with Crippen LogP contribution in [0.2, 0.25) is 5.02 Å². The Morgan fingerprint density at radius 2 is 2.21 bits per heavy atom. The van der Waals surface area contributed by atoms with Gasteiger partial charge < -0.3 is 5.11 Å². The summed E-state index contributed by atoms with van der Waals surface area (Å²) >= 11 is 6.13. The second-order valence-corrected chi connectivity index (χ2v) is 6.06. The summed E-state index contributed by atoms with van der Waals surface area (Å²) < 4.78 is 0. The van der Waals surface area contributed by atoms with Crippen LogP contribution in [0.1, 0.15) is 24.5 Å². The van der Waals surface area contributed by atoms with Gasteiger partial charge in [-0.15, -0.1) is 0 Å². The van der Waals surface area contributed by atoms with Crippen LogP contribution in [0.3, 0.4) is 0 Å². The number of hydrogen-bond donors (Lipinski definition) is 1. The molecule has 2 rings (SSSR count). The molecule has 2 unspecified atom stereocenters. The van der Waals surface area contributed by atoms with Gasteiger partial charge in [-0.1, -0.05) is 30.7 Å². The molecule has 4 heteroatoms. The molecule has 104 valence electrons. The first-order chi connectivity index (χ1) is 8.95. The van der Waals surface area contributed by atoms with E-state index in [2.05, 4.69) is 17.9 Å². The van der Waals surface area contributed by atoms with Crippen LogP contribution in [0, 0.1) is 18.8 Å². The quantitative estimate of drug-likeness (QED) is 0.925. The van der Waals surface area contributed by atoms with Crippen LogP contribution >= 0.6 is 11.6 Å². The largest absolute Gasteiger partial charge is 0.481 e. The minimum absolute atomic E-state index is 0.246. The fraction of sp³-hybridized carbons (Fsp3) is 0.533. The third kappa shape index (κ3) is 3.71. The van der Waals surface area contributed by atoms with Crippen LogP contribution in [-0.2, 0) is 11.3 Å². The molecule has 1 fully saturated rings. The van der Waals surface area contributed by atoms with Crippen molar-refractivity contribution in [3.05, 3.63) is 34.3 Å². The maximum absolute atomic E-state index is 11.1. The third-order valence-corrected chi connectivity index (χ3v) is 4.13. The summed E-state index contributed by atoms with van der Waals surface area (Å²) in [5, 5.41) is 9.95. The predicted octanol–water partition coefficient (Wildman–Crippen LogP) is 3.19. The van der Waals surface area contributed by atoms with Crippen LogP contribution in [0.5, 0.6) is 0 Å². The molecule has 1 saturated heterocycles. The predicted molar refractivity (Wildman–Crippen MR) is 76.4 cm³/mol. The van der Waals surface area contributed by atoms with Gasteiger partial charge in [-0.05, 0) is 36.5 Å². The van der Waals surface area contributed by atoms with Gasteiger partial charge in [0.25, 0.3) is 0 Å². The zero-order valence-corrected chi connectivity index (χ0v) is 12.2. The van der Waals surface area contributed by atoms with E-state index in [1.54, 1.807) is 0 Å². The second kappa shape index (κ2) is 5.93. The maximum atomic E-state index is 11.1. The van der Waals surface area contributed by atoms with E-state index in [1.807, 2.05) is 19.1 Å². The lowest BCUT2D eigenvalue weighted by molar-refractivity contribution is -0.144. The van der Waals surface area contributed by atoms with Crippen LogP contribution in [-0.4, -0.2) is 29.1 Å². The number of piperidine rings is 1. The third-order valence-electron chi connectivity index (χ3n) is 3.73. The number of carbonyl (C=O) groups is 1. The van der Waals surface area contributed by atoms with Crippen LogP contribution in [0.25, 0.3) is 0 Å². The lowest BCUT2D eigenvalue weighted by Gasteiger charge is -2.34. The number of hydrogen-bond acceptors (Lipinski definition) is 2. The highest BCUT2D eigenvalue weighted by Gasteiger charge is 2.29. The number of nitrogens with zero attached hydrogens (tertiary/aromatic N) is 1. The molecule has 0 radical (unpaired) electrons. The van der Waals surface area contributed by atoms with E-state index in [-0.39, 0.29) is 5.92 Å². The van der Waals surface area contributed by atoms with E-state index in [9.17, 15) is 9.90 Å². The summed E-state index contributed by atoms with van der Waals surface area (Å²) in [5.74, 6) is -0.501. The molecule has 2 atom stereocenters. The van der Waals surface area contributed by atoms with Gasteiger partial charge in [0, 0.05) is 24.7 Å². The number of rotatable bonds is 3. The fourth-order valence-electron chi connectivity index (χ4n) is 2.76. The molecule has 0 amide bonds. The van der Waals surface area contributed by atoms with E-state index < -0.39 is 5.97 Å². The lowest BCUT2D eigenvalue weighted by atomic mass is 9.90. The van der Waals surface area contributed by atoms with Crippen molar-refractivity contribution in [1.29, 1.82) is 0 Å². The topological polar surface area (TPSA) is 40.5 Å². The molecule has 19 heavy (non-hydrogen) atoms. The van der Waals surface area contributed by atoms with Crippen molar-refractivity contribution < 1.29 is 9.90 Å². The van der Waals surface area contributed by atoms with Gasteiger partial charge in [0.2, 0.25) is 0 Å². The molecular formula is C15H20ClNO2. The first-order valence-corrected chi connectivity index (χ1v) is 7.03. The Bertz CT molecular complexity index is 475. The van der Waals surface area contributed by atoms with E-state index in [0.29, 0.717) is 12.5 Å². The van der Waals surface area contributed by atoms with Gasteiger partial charge in [0.05, 0.1) is 5.92 Å². The van der Waals surface area contributed by atoms with Crippen LogP contribution < -0.4 is 0 Å². The summed E-state index contributed by atoms with van der Waals surface area (Å²) in [4.78, 5) is 13.4. The zero-order valence-electron chi connectivity index (χ0n) is 11.4. The highest BCUT2D eigenvalue weighted by molar-refractivity contribution is 6.31. The number of halogens is 1. The second-order valence-electron chi connectivity index (χ2n) is 5.65. The molecule has 1 aliphatic rings. The minimum atomic E-state index is -0.682. The molecule has 1 heterocycles. The first kappa shape index (κ1) is 14.4. The molecule has 1 aromatic rings. The van der Waals surface area contributed by atoms with Crippen molar-refractivity contribution in [2.24, 2.45) is 11.8 Å². The van der Waals surface area contributed by atoms with Gasteiger partial charge in [-0.2, -0.15) is 0 Å². The monoisotopic (exact) mass is 281 g/mol. The number of carboxylic acid groups (broad SMARTS) is 1. The molecule has 0 aromatic heterocycles. The van der Waals surface area contributed by atoms with Crippen LogP contribution in [0.15, 0.2) is 18.2 Å². The number of aryl methyl sites for hydroxylation is 1. The van der Waals surface area contributed by atoms with E-state index in [4.69, 9.17) is 11.6 Å². The van der Waals surface area contributed by atoms with Gasteiger partial charge in [0.15, 0.2) is 0 Å². The summed E-state index contributed by atoms with van der Waals surface area (Å²) in [6.07, 6.45) is 0.778. The standard InChI is InChI=1S/C15H20ClNO2/c1-10-5-13(15(18)19)9-17(7-10)8-12-4-3-11(2)14(16)6-12/h3-4,6,10,13H,5,7-9H2,1-2H3,(H,18,19). The Hall–Kier alpha value is -1.06. The number of benzene rings is 1. The minimum Gasteiger partial charge on any atom is -0.481 e. The highest BCUT2D eigenvalue weighted by Crippen LogP contribution is 2.24. The van der Waals surface area contributed by atoms with Gasteiger partial charge >= 0.3 is 5.97 Å². The number of likely N-dealkylation sites (tertiary alicyclic amines) is 1. The molecule has 0 bridgehead atoms. The Kier molecular flexibility index (Phi) is 4.48. The Morgan fingerprint density at radius 3 is 2.84 bits per heavy atom. The molecule has 1 aliphatic heterocycles. The normalized spacial score (nSPS) is 24.4. The Labute approximate surface area is 119 Å². The molecule has 3 nitrogen and oxygen atoms in total. The van der Waals surface area contributed by atoms with E-state index >= 15 is 0 Å².